The molecule has 108 valence electrons. The van der Waals surface area contributed by atoms with E-state index in [1.165, 1.54) is 6.07 Å². The van der Waals surface area contributed by atoms with Gasteiger partial charge in [0.2, 0.25) is 0 Å². The highest BCUT2D eigenvalue weighted by Crippen LogP contribution is 2.34. The zero-order chi connectivity index (χ0) is 15.6. The number of benzene rings is 1. The molecule has 1 aromatic carbocycles. The van der Waals surface area contributed by atoms with Crippen LogP contribution in [-0.4, -0.2) is 9.97 Å². The summed E-state index contributed by atoms with van der Waals surface area (Å²) >= 11 is 0. The molecule has 0 bridgehead atoms. The molecule has 1 heterocycles. The fraction of sp³-hybridized carbons (Fsp3) is 0.154. The lowest BCUT2D eigenvalue weighted by molar-refractivity contribution is -0.140. The number of alkyl halides is 3. The predicted octanol–water partition coefficient (Wildman–Crippen LogP) is 3.61. The summed E-state index contributed by atoms with van der Waals surface area (Å²) in [7, 11) is 0. The van der Waals surface area contributed by atoms with Gasteiger partial charge in [0.15, 0.2) is 0 Å². The quantitative estimate of drug-likeness (QED) is 0.795. The molecule has 0 unspecified atom stereocenters. The van der Waals surface area contributed by atoms with Crippen molar-refractivity contribution in [1.82, 2.24) is 9.97 Å². The minimum absolute atomic E-state index is 0.00987. The summed E-state index contributed by atoms with van der Waals surface area (Å²) in [5.41, 5.74) is -1.03. The Bertz CT molecular complexity index is 722. The van der Waals surface area contributed by atoms with Crippen molar-refractivity contribution >= 4 is 0 Å². The summed E-state index contributed by atoms with van der Waals surface area (Å²) < 4.78 is 55.9. The van der Waals surface area contributed by atoms with Gasteiger partial charge in [0.1, 0.15) is 23.3 Å². The summed E-state index contributed by atoms with van der Waals surface area (Å²) in [6.07, 6.45) is -4.84. The van der Waals surface area contributed by atoms with Crippen molar-refractivity contribution in [3.8, 4) is 17.8 Å². The van der Waals surface area contributed by atoms with Crippen LogP contribution in [0.2, 0.25) is 0 Å². The molecule has 0 saturated carbocycles. The molecule has 2 rings (SSSR count). The first kappa shape index (κ1) is 14.7. The van der Waals surface area contributed by atoms with Gasteiger partial charge >= 0.3 is 12.2 Å². The summed E-state index contributed by atoms with van der Waals surface area (Å²) in [6, 6.07) is 5.03. The third kappa shape index (κ3) is 3.45. The van der Waals surface area contributed by atoms with E-state index in [1.54, 1.807) is 13.0 Å². The monoisotopic (exact) mass is 297 g/mol. The molecule has 0 spiro atoms. The van der Waals surface area contributed by atoms with E-state index in [4.69, 9.17) is 10.00 Å². The lowest BCUT2D eigenvalue weighted by atomic mass is 10.2. The number of nitriles is 1. The normalized spacial score (nSPS) is 11.0. The fourth-order valence-electron chi connectivity index (χ4n) is 1.53. The van der Waals surface area contributed by atoms with Crippen LogP contribution in [0.25, 0.3) is 0 Å². The van der Waals surface area contributed by atoms with Crippen LogP contribution in [-0.2, 0) is 6.18 Å². The third-order valence-corrected chi connectivity index (χ3v) is 2.40. The lowest BCUT2D eigenvalue weighted by Crippen LogP contribution is -2.08. The Morgan fingerprint density at radius 3 is 2.52 bits per heavy atom. The van der Waals surface area contributed by atoms with Gasteiger partial charge < -0.3 is 4.74 Å². The van der Waals surface area contributed by atoms with E-state index in [0.717, 1.165) is 6.07 Å². The molecule has 1 aromatic heterocycles. The summed E-state index contributed by atoms with van der Waals surface area (Å²) in [5, 5.41) is 8.75. The molecule has 8 heteroatoms. The Hall–Kier alpha value is -2.69. The number of nitrogens with zero attached hydrogens (tertiary/aromatic N) is 3. The van der Waals surface area contributed by atoms with Crippen molar-refractivity contribution in [3.63, 3.8) is 0 Å². The van der Waals surface area contributed by atoms with Gasteiger partial charge in [-0.3, -0.25) is 0 Å². The van der Waals surface area contributed by atoms with Crippen LogP contribution in [0.15, 0.2) is 24.3 Å². The average Bonchev–Trinajstić information content (AvgIpc) is 2.39. The maximum absolute atomic E-state index is 13.1. The van der Waals surface area contributed by atoms with Gasteiger partial charge in [-0.25, -0.2) is 9.37 Å². The van der Waals surface area contributed by atoms with E-state index in [1.807, 2.05) is 0 Å². The number of hydrogen-bond donors (Lipinski definition) is 0. The second-order valence-corrected chi connectivity index (χ2v) is 4.03. The molecule has 0 aliphatic carbocycles. The fourth-order valence-corrected chi connectivity index (χ4v) is 1.53. The second-order valence-electron chi connectivity index (χ2n) is 4.03. The highest BCUT2D eigenvalue weighted by Gasteiger charge is 2.34. The molecule has 21 heavy (non-hydrogen) atoms. The first-order chi connectivity index (χ1) is 9.79. The van der Waals surface area contributed by atoms with Gasteiger partial charge in [0, 0.05) is 5.69 Å². The van der Waals surface area contributed by atoms with E-state index < -0.39 is 17.6 Å². The Morgan fingerprint density at radius 2 is 1.90 bits per heavy atom. The minimum atomic E-state index is -4.84. The van der Waals surface area contributed by atoms with E-state index in [9.17, 15) is 17.6 Å². The third-order valence-electron chi connectivity index (χ3n) is 2.40. The van der Waals surface area contributed by atoms with Crippen LogP contribution < -0.4 is 4.74 Å². The van der Waals surface area contributed by atoms with Crippen LogP contribution in [0.5, 0.6) is 11.8 Å². The van der Waals surface area contributed by atoms with Crippen LogP contribution in [0, 0.1) is 24.1 Å². The van der Waals surface area contributed by atoms with Gasteiger partial charge in [0.05, 0.1) is 5.56 Å². The SMILES string of the molecule is Cc1cc(C#N)nc(Oc2ccc(F)c(C(F)(F)F)c2)n1. The number of ether oxygens (including phenoxy) is 1. The molecule has 4 nitrogen and oxygen atoms in total. The van der Waals surface area contributed by atoms with Crippen LogP contribution in [0.1, 0.15) is 17.0 Å². The van der Waals surface area contributed by atoms with Gasteiger partial charge in [0.25, 0.3) is 0 Å². The Morgan fingerprint density at radius 1 is 1.19 bits per heavy atom. The topological polar surface area (TPSA) is 58.8 Å². The maximum Gasteiger partial charge on any atom is 0.419 e. The first-order valence-corrected chi connectivity index (χ1v) is 5.60. The van der Waals surface area contributed by atoms with Crippen LogP contribution in [0.4, 0.5) is 17.6 Å². The average molecular weight is 297 g/mol. The highest BCUT2D eigenvalue weighted by atomic mass is 19.4. The van der Waals surface area contributed by atoms with Crippen LogP contribution >= 0.6 is 0 Å². The largest absolute Gasteiger partial charge is 0.424 e. The van der Waals surface area contributed by atoms with Crippen molar-refractivity contribution in [3.05, 3.63) is 47.0 Å². The standard InChI is InChI=1S/C13H7F4N3O/c1-7-4-8(6-18)20-12(19-7)21-9-2-3-11(14)10(5-9)13(15,16)17/h2-5H,1H3. The molecule has 0 atom stereocenters. The van der Waals surface area contributed by atoms with Gasteiger partial charge in [-0.05, 0) is 31.2 Å². The number of rotatable bonds is 2. The number of aromatic nitrogens is 2. The molecule has 0 aliphatic rings. The minimum Gasteiger partial charge on any atom is -0.424 e. The summed E-state index contributed by atoms with van der Waals surface area (Å²) in [4.78, 5) is 7.52. The van der Waals surface area contributed by atoms with E-state index >= 15 is 0 Å². The number of aryl methyl sites for hydroxylation is 1. The molecule has 0 aliphatic heterocycles. The molecule has 0 radical (unpaired) electrons. The molecular formula is C13H7F4N3O. The lowest BCUT2D eigenvalue weighted by Gasteiger charge is -2.10. The molecule has 0 amide bonds. The van der Waals surface area contributed by atoms with Gasteiger partial charge in [-0.2, -0.15) is 23.4 Å². The number of halogens is 4. The van der Waals surface area contributed by atoms with Crippen LogP contribution in [0.3, 0.4) is 0 Å². The second kappa shape index (κ2) is 5.36. The van der Waals surface area contributed by atoms with E-state index in [-0.39, 0.29) is 17.5 Å². The van der Waals surface area contributed by atoms with Gasteiger partial charge in [-0.15, -0.1) is 0 Å². The van der Waals surface area contributed by atoms with Crippen molar-refractivity contribution in [2.24, 2.45) is 0 Å². The smallest absolute Gasteiger partial charge is 0.419 e. The molecule has 0 saturated heterocycles. The zero-order valence-corrected chi connectivity index (χ0v) is 10.6. The molecule has 0 N–H and O–H groups in total. The van der Waals surface area contributed by atoms with Crippen molar-refractivity contribution in [1.29, 1.82) is 5.26 Å². The van der Waals surface area contributed by atoms with E-state index in [2.05, 4.69) is 9.97 Å². The van der Waals surface area contributed by atoms with Crippen molar-refractivity contribution < 1.29 is 22.3 Å². The summed E-state index contributed by atoms with van der Waals surface area (Å²) in [6.45, 7) is 1.57. The Labute approximate surface area is 116 Å². The van der Waals surface area contributed by atoms with Crippen molar-refractivity contribution in [2.45, 2.75) is 13.1 Å². The highest BCUT2D eigenvalue weighted by molar-refractivity contribution is 5.34. The Balaban J connectivity index is 2.37. The molecular weight excluding hydrogens is 290 g/mol. The molecule has 0 fully saturated rings. The zero-order valence-electron chi connectivity index (χ0n) is 10.6. The predicted molar refractivity (Wildman–Crippen MR) is 63.0 cm³/mol. The Kier molecular flexibility index (Phi) is 3.76. The molecule has 2 aromatic rings. The van der Waals surface area contributed by atoms with Crippen molar-refractivity contribution in [2.75, 3.05) is 0 Å². The maximum atomic E-state index is 13.1. The van der Waals surface area contributed by atoms with Gasteiger partial charge in [-0.1, -0.05) is 0 Å². The van der Waals surface area contributed by atoms with E-state index in [0.29, 0.717) is 17.8 Å². The summed E-state index contributed by atoms with van der Waals surface area (Å²) in [5.74, 6) is -1.68. The first-order valence-electron chi connectivity index (χ1n) is 5.60. The number of hydrogen-bond acceptors (Lipinski definition) is 4.